The lowest BCUT2D eigenvalue weighted by atomic mass is 9.89. The minimum absolute atomic E-state index is 0.0880. The molecule has 1 aliphatic rings. The first-order valence-electron chi connectivity index (χ1n) is 4.88. The standard InChI is InChI=1S/C11H12BrF2N/c1-6(15)11(2-3-11)8-4-7(13)5-9(14)10(8)12/h4-6H,2-3,15H2,1H3. The van der Waals surface area contributed by atoms with E-state index >= 15 is 0 Å². The van der Waals surface area contributed by atoms with Crippen LogP contribution in [0.5, 0.6) is 0 Å². The zero-order chi connectivity index (χ0) is 11.2. The third kappa shape index (κ3) is 1.70. The molecule has 4 heteroatoms. The molecule has 1 aromatic rings. The summed E-state index contributed by atoms with van der Waals surface area (Å²) in [4.78, 5) is 0. The van der Waals surface area contributed by atoms with Crippen molar-refractivity contribution in [3.8, 4) is 0 Å². The molecule has 2 N–H and O–H groups in total. The number of rotatable bonds is 2. The van der Waals surface area contributed by atoms with E-state index in [0.717, 1.165) is 18.9 Å². The molecule has 82 valence electrons. The van der Waals surface area contributed by atoms with Crippen LogP contribution >= 0.6 is 15.9 Å². The molecule has 1 nitrogen and oxygen atoms in total. The first kappa shape index (κ1) is 11.0. The van der Waals surface area contributed by atoms with Crippen LogP contribution in [0.4, 0.5) is 8.78 Å². The summed E-state index contributed by atoms with van der Waals surface area (Å²) in [5.41, 5.74) is 6.30. The van der Waals surface area contributed by atoms with Gasteiger partial charge in [-0.05, 0) is 47.3 Å². The molecule has 1 atom stereocenters. The summed E-state index contributed by atoms with van der Waals surface area (Å²) in [5.74, 6) is -1.10. The molecule has 0 aliphatic heterocycles. The molecule has 0 amide bonds. The van der Waals surface area contributed by atoms with Crippen LogP contribution in [0.1, 0.15) is 25.3 Å². The highest BCUT2D eigenvalue weighted by molar-refractivity contribution is 9.10. The predicted octanol–water partition coefficient (Wildman–Crippen LogP) is 3.11. The van der Waals surface area contributed by atoms with Gasteiger partial charge in [0.15, 0.2) is 0 Å². The summed E-state index contributed by atoms with van der Waals surface area (Å²) in [7, 11) is 0. The van der Waals surface area contributed by atoms with Crippen molar-refractivity contribution >= 4 is 15.9 Å². The molecule has 1 aliphatic carbocycles. The maximum Gasteiger partial charge on any atom is 0.140 e. The highest BCUT2D eigenvalue weighted by Crippen LogP contribution is 2.52. The van der Waals surface area contributed by atoms with Crippen LogP contribution < -0.4 is 5.73 Å². The molecule has 0 radical (unpaired) electrons. The van der Waals surface area contributed by atoms with E-state index in [1.807, 2.05) is 6.92 Å². The van der Waals surface area contributed by atoms with Crippen LogP contribution in [0.3, 0.4) is 0 Å². The highest BCUT2D eigenvalue weighted by atomic mass is 79.9. The molecular formula is C11H12BrF2N. The van der Waals surface area contributed by atoms with E-state index in [9.17, 15) is 8.78 Å². The minimum atomic E-state index is -0.558. The molecule has 0 spiro atoms. The quantitative estimate of drug-likeness (QED) is 0.825. The average Bonchev–Trinajstić information content (AvgIpc) is 2.91. The van der Waals surface area contributed by atoms with Gasteiger partial charge in [-0.2, -0.15) is 0 Å². The van der Waals surface area contributed by atoms with Crippen LogP contribution in [0.25, 0.3) is 0 Å². The van der Waals surface area contributed by atoms with E-state index in [1.165, 1.54) is 6.07 Å². The summed E-state index contributed by atoms with van der Waals surface area (Å²) < 4.78 is 26.8. The Morgan fingerprint density at radius 1 is 1.40 bits per heavy atom. The van der Waals surface area contributed by atoms with Gasteiger partial charge in [0.1, 0.15) is 11.6 Å². The van der Waals surface area contributed by atoms with Crippen molar-refractivity contribution < 1.29 is 8.78 Å². The third-order valence-corrected chi connectivity index (χ3v) is 4.00. The van der Waals surface area contributed by atoms with Gasteiger partial charge in [0, 0.05) is 17.5 Å². The Kier molecular flexibility index (Phi) is 2.59. The number of halogens is 3. The highest BCUT2D eigenvalue weighted by Gasteiger charge is 2.49. The molecule has 1 fully saturated rings. The lowest BCUT2D eigenvalue weighted by Crippen LogP contribution is -2.32. The topological polar surface area (TPSA) is 26.0 Å². The van der Waals surface area contributed by atoms with Crippen molar-refractivity contribution in [1.29, 1.82) is 0 Å². The van der Waals surface area contributed by atoms with Crippen molar-refractivity contribution in [2.45, 2.75) is 31.2 Å². The summed E-state index contributed by atoms with van der Waals surface area (Å²) in [6.45, 7) is 1.88. The molecular weight excluding hydrogens is 264 g/mol. The van der Waals surface area contributed by atoms with Crippen molar-refractivity contribution in [2.24, 2.45) is 5.73 Å². The zero-order valence-corrected chi connectivity index (χ0v) is 9.94. The van der Waals surface area contributed by atoms with Crippen molar-refractivity contribution in [3.63, 3.8) is 0 Å². The normalized spacial score (nSPS) is 20.1. The molecule has 0 aromatic heterocycles. The fourth-order valence-corrected chi connectivity index (χ4v) is 2.65. The second kappa shape index (κ2) is 3.52. The van der Waals surface area contributed by atoms with Crippen LogP contribution in [0.15, 0.2) is 16.6 Å². The van der Waals surface area contributed by atoms with Gasteiger partial charge < -0.3 is 5.73 Å². The fourth-order valence-electron chi connectivity index (χ4n) is 2.02. The zero-order valence-electron chi connectivity index (χ0n) is 8.36. The van der Waals surface area contributed by atoms with Gasteiger partial charge in [-0.1, -0.05) is 0 Å². The van der Waals surface area contributed by atoms with Gasteiger partial charge in [0.2, 0.25) is 0 Å². The molecule has 2 rings (SSSR count). The van der Waals surface area contributed by atoms with E-state index in [0.29, 0.717) is 10.0 Å². The minimum Gasteiger partial charge on any atom is -0.327 e. The number of nitrogens with two attached hydrogens (primary N) is 1. The molecule has 1 unspecified atom stereocenters. The smallest absolute Gasteiger partial charge is 0.140 e. The van der Waals surface area contributed by atoms with Crippen molar-refractivity contribution in [2.75, 3.05) is 0 Å². The van der Waals surface area contributed by atoms with Crippen molar-refractivity contribution in [3.05, 3.63) is 33.8 Å². The largest absolute Gasteiger partial charge is 0.327 e. The Morgan fingerprint density at radius 2 is 2.00 bits per heavy atom. The van der Waals surface area contributed by atoms with E-state index in [-0.39, 0.29) is 11.5 Å². The SMILES string of the molecule is CC(N)C1(c2cc(F)cc(F)c2Br)CC1. The second-order valence-electron chi connectivity index (χ2n) is 4.19. The Labute approximate surface area is 95.8 Å². The number of benzene rings is 1. The molecule has 1 saturated carbocycles. The molecule has 1 aromatic carbocycles. The summed E-state index contributed by atoms with van der Waals surface area (Å²) in [6.07, 6.45) is 1.79. The van der Waals surface area contributed by atoms with Gasteiger partial charge in [0.25, 0.3) is 0 Å². The molecule has 0 bridgehead atoms. The van der Waals surface area contributed by atoms with E-state index < -0.39 is 11.6 Å². The lowest BCUT2D eigenvalue weighted by molar-refractivity contribution is 0.528. The Bertz CT molecular complexity index is 400. The van der Waals surface area contributed by atoms with E-state index in [4.69, 9.17) is 5.73 Å². The van der Waals surface area contributed by atoms with Gasteiger partial charge in [0.05, 0.1) is 4.47 Å². The lowest BCUT2D eigenvalue weighted by Gasteiger charge is -2.21. The van der Waals surface area contributed by atoms with Crippen LogP contribution in [-0.2, 0) is 5.41 Å². The maximum atomic E-state index is 13.3. The Balaban J connectivity index is 2.53. The van der Waals surface area contributed by atoms with Crippen LogP contribution in [0.2, 0.25) is 0 Å². The first-order valence-corrected chi connectivity index (χ1v) is 5.67. The maximum absolute atomic E-state index is 13.3. The predicted molar refractivity (Wildman–Crippen MR) is 58.6 cm³/mol. The Hall–Kier alpha value is -0.480. The van der Waals surface area contributed by atoms with Gasteiger partial charge >= 0.3 is 0 Å². The van der Waals surface area contributed by atoms with Gasteiger partial charge in [-0.25, -0.2) is 8.78 Å². The first-order chi connectivity index (χ1) is 6.97. The molecule has 0 heterocycles. The third-order valence-electron chi connectivity index (χ3n) is 3.19. The van der Waals surface area contributed by atoms with Crippen LogP contribution in [0, 0.1) is 11.6 Å². The molecule has 0 saturated heterocycles. The van der Waals surface area contributed by atoms with E-state index in [2.05, 4.69) is 15.9 Å². The molecule has 15 heavy (non-hydrogen) atoms. The number of hydrogen-bond acceptors (Lipinski definition) is 1. The summed E-state index contributed by atoms with van der Waals surface area (Å²) in [5, 5.41) is 0. The van der Waals surface area contributed by atoms with E-state index in [1.54, 1.807) is 0 Å². The summed E-state index contributed by atoms with van der Waals surface area (Å²) in [6, 6.07) is 2.17. The average molecular weight is 276 g/mol. The fraction of sp³-hybridized carbons (Fsp3) is 0.455. The monoisotopic (exact) mass is 275 g/mol. The van der Waals surface area contributed by atoms with Gasteiger partial charge in [-0.15, -0.1) is 0 Å². The van der Waals surface area contributed by atoms with Crippen LogP contribution in [-0.4, -0.2) is 6.04 Å². The Morgan fingerprint density at radius 3 is 2.47 bits per heavy atom. The van der Waals surface area contributed by atoms with Crippen molar-refractivity contribution in [1.82, 2.24) is 0 Å². The number of hydrogen-bond donors (Lipinski definition) is 1. The summed E-state index contributed by atoms with van der Waals surface area (Å²) >= 11 is 3.16. The van der Waals surface area contributed by atoms with Gasteiger partial charge in [-0.3, -0.25) is 0 Å². The second-order valence-corrected chi connectivity index (χ2v) is 4.99.